The van der Waals surface area contributed by atoms with Gasteiger partial charge in [-0.05, 0) is 42.2 Å². The van der Waals surface area contributed by atoms with Crippen molar-refractivity contribution in [1.82, 2.24) is 5.01 Å². The number of hydrogen-bond acceptors (Lipinski definition) is 3. The van der Waals surface area contributed by atoms with Crippen LogP contribution in [0.25, 0.3) is 0 Å². The SMILES string of the molecule is CCOc1ccc([C@H]2CC(c3ccc(CC)cc3)=NN2C(C)=O)cc1. The second-order valence-electron chi connectivity index (χ2n) is 6.18. The summed E-state index contributed by atoms with van der Waals surface area (Å²) in [7, 11) is 0. The molecule has 0 radical (unpaired) electrons. The van der Waals surface area contributed by atoms with Gasteiger partial charge in [0.15, 0.2) is 0 Å². The molecule has 0 saturated heterocycles. The van der Waals surface area contributed by atoms with Crippen molar-refractivity contribution in [3.63, 3.8) is 0 Å². The lowest BCUT2D eigenvalue weighted by molar-refractivity contribution is -0.130. The highest BCUT2D eigenvalue weighted by molar-refractivity contribution is 6.03. The van der Waals surface area contributed by atoms with E-state index in [0.29, 0.717) is 6.61 Å². The maximum Gasteiger partial charge on any atom is 0.240 e. The zero-order valence-electron chi connectivity index (χ0n) is 15.0. The van der Waals surface area contributed by atoms with E-state index >= 15 is 0 Å². The number of rotatable bonds is 5. The lowest BCUT2D eigenvalue weighted by atomic mass is 9.97. The highest BCUT2D eigenvalue weighted by Gasteiger charge is 2.31. The maximum atomic E-state index is 12.1. The minimum absolute atomic E-state index is 0.0425. The summed E-state index contributed by atoms with van der Waals surface area (Å²) in [5.41, 5.74) is 4.41. The smallest absolute Gasteiger partial charge is 0.240 e. The Morgan fingerprint density at radius 3 is 2.36 bits per heavy atom. The average Bonchev–Trinajstić information content (AvgIpc) is 3.08. The van der Waals surface area contributed by atoms with Crippen molar-refractivity contribution in [1.29, 1.82) is 0 Å². The highest BCUT2D eigenvalue weighted by Crippen LogP contribution is 2.33. The van der Waals surface area contributed by atoms with E-state index in [1.165, 1.54) is 5.56 Å². The van der Waals surface area contributed by atoms with Crippen molar-refractivity contribution < 1.29 is 9.53 Å². The molecule has 0 fully saturated rings. The summed E-state index contributed by atoms with van der Waals surface area (Å²) in [6.45, 7) is 6.31. The van der Waals surface area contributed by atoms with Gasteiger partial charge in [0.2, 0.25) is 5.91 Å². The number of amides is 1. The van der Waals surface area contributed by atoms with Gasteiger partial charge in [-0.25, -0.2) is 5.01 Å². The quantitative estimate of drug-likeness (QED) is 0.815. The number of ether oxygens (including phenoxy) is 1. The Labute approximate surface area is 149 Å². The van der Waals surface area contributed by atoms with Gasteiger partial charge in [0.1, 0.15) is 5.75 Å². The van der Waals surface area contributed by atoms with Crippen molar-refractivity contribution >= 4 is 11.6 Å². The van der Waals surface area contributed by atoms with Crippen LogP contribution in [0.4, 0.5) is 0 Å². The van der Waals surface area contributed by atoms with Crippen LogP contribution in [-0.2, 0) is 11.2 Å². The summed E-state index contributed by atoms with van der Waals surface area (Å²) < 4.78 is 5.50. The molecule has 0 saturated carbocycles. The second kappa shape index (κ2) is 7.51. The third-order valence-electron chi connectivity index (χ3n) is 4.50. The van der Waals surface area contributed by atoms with Crippen LogP contribution in [0, 0.1) is 0 Å². The molecule has 0 unspecified atom stereocenters. The van der Waals surface area contributed by atoms with Gasteiger partial charge in [-0.2, -0.15) is 5.10 Å². The van der Waals surface area contributed by atoms with Crippen LogP contribution in [-0.4, -0.2) is 23.2 Å². The Bertz CT molecular complexity index is 763. The van der Waals surface area contributed by atoms with Crippen LogP contribution in [0.3, 0.4) is 0 Å². The summed E-state index contributed by atoms with van der Waals surface area (Å²) >= 11 is 0. The summed E-state index contributed by atoms with van der Waals surface area (Å²) in [4.78, 5) is 12.1. The largest absolute Gasteiger partial charge is 0.494 e. The monoisotopic (exact) mass is 336 g/mol. The minimum atomic E-state index is -0.0611. The number of hydrazone groups is 1. The van der Waals surface area contributed by atoms with Crippen LogP contribution < -0.4 is 4.74 Å². The summed E-state index contributed by atoms with van der Waals surface area (Å²) in [5.74, 6) is 0.800. The molecule has 4 heteroatoms. The van der Waals surface area contributed by atoms with E-state index in [1.54, 1.807) is 11.9 Å². The van der Waals surface area contributed by atoms with Gasteiger partial charge in [-0.15, -0.1) is 0 Å². The zero-order chi connectivity index (χ0) is 17.8. The van der Waals surface area contributed by atoms with Crippen molar-refractivity contribution in [2.24, 2.45) is 5.10 Å². The van der Waals surface area contributed by atoms with E-state index in [0.717, 1.165) is 35.4 Å². The molecule has 25 heavy (non-hydrogen) atoms. The first-order valence-corrected chi connectivity index (χ1v) is 8.81. The molecule has 130 valence electrons. The molecule has 0 N–H and O–H groups in total. The van der Waals surface area contributed by atoms with Crippen molar-refractivity contribution in [2.75, 3.05) is 6.61 Å². The number of carbonyl (C=O) groups excluding carboxylic acids is 1. The fourth-order valence-corrected chi connectivity index (χ4v) is 3.12. The molecular formula is C21H24N2O2. The van der Waals surface area contributed by atoms with Crippen LogP contribution in [0.1, 0.15) is 49.9 Å². The number of carbonyl (C=O) groups is 1. The van der Waals surface area contributed by atoms with Crippen LogP contribution >= 0.6 is 0 Å². The molecule has 1 heterocycles. The maximum absolute atomic E-state index is 12.1. The van der Waals surface area contributed by atoms with Gasteiger partial charge in [-0.1, -0.05) is 43.3 Å². The molecule has 0 aromatic heterocycles. The van der Waals surface area contributed by atoms with E-state index in [1.807, 2.05) is 31.2 Å². The number of benzene rings is 2. The van der Waals surface area contributed by atoms with E-state index < -0.39 is 0 Å². The van der Waals surface area contributed by atoms with Crippen LogP contribution in [0.15, 0.2) is 53.6 Å². The fraction of sp³-hybridized carbons (Fsp3) is 0.333. The standard InChI is InChI=1S/C21H24N2O2/c1-4-16-6-8-17(9-7-16)20-14-21(23(22-20)15(3)24)18-10-12-19(13-11-18)25-5-2/h6-13,21H,4-5,14H2,1-3H3/t21-/m1/s1. The van der Waals surface area contributed by atoms with Crippen molar-refractivity contribution in [3.05, 3.63) is 65.2 Å². The van der Waals surface area contributed by atoms with Crippen molar-refractivity contribution in [2.45, 2.75) is 39.7 Å². The van der Waals surface area contributed by atoms with E-state index in [9.17, 15) is 4.79 Å². The molecule has 0 spiro atoms. The molecule has 4 nitrogen and oxygen atoms in total. The Morgan fingerprint density at radius 2 is 1.80 bits per heavy atom. The Balaban J connectivity index is 1.84. The topological polar surface area (TPSA) is 41.9 Å². The highest BCUT2D eigenvalue weighted by atomic mass is 16.5. The van der Waals surface area contributed by atoms with Crippen molar-refractivity contribution in [3.8, 4) is 5.75 Å². The predicted molar refractivity (Wildman–Crippen MR) is 99.8 cm³/mol. The minimum Gasteiger partial charge on any atom is -0.494 e. The van der Waals surface area contributed by atoms with Gasteiger partial charge in [0.25, 0.3) is 0 Å². The number of aryl methyl sites for hydroxylation is 1. The molecule has 2 aromatic carbocycles. The molecular weight excluding hydrogens is 312 g/mol. The molecule has 0 bridgehead atoms. The first-order chi connectivity index (χ1) is 12.1. The lowest BCUT2D eigenvalue weighted by Crippen LogP contribution is -2.24. The van der Waals surface area contributed by atoms with Gasteiger partial charge < -0.3 is 4.74 Å². The van der Waals surface area contributed by atoms with Gasteiger partial charge in [0.05, 0.1) is 18.4 Å². The Kier molecular flexibility index (Phi) is 5.17. The second-order valence-corrected chi connectivity index (χ2v) is 6.18. The van der Waals surface area contributed by atoms with Crippen LogP contribution in [0.5, 0.6) is 5.75 Å². The normalized spacial score (nSPS) is 16.7. The van der Waals surface area contributed by atoms with Gasteiger partial charge in [0, 0.05) is 13.3 Å². The summed E-state index contributed by atoms with van der Waals surface area (Å²) in [6, 6.07) is 16.3. The predicted octanol–water partition coefficient (Wildman–Crippen LogP) is 4.35. The van der Waals surface area contributed by atoms with Gasteiger partial charge in [-0.3, -0.25) is 4.79 Å². The molecule has 1 aliphatic heterocycles. The molecule has 1 aliphatic rings. The van der Waals surface area contributed by atoms with E-state index in [4.69, 9.17) is 4.74 Å². The Morgan fingerprint density at radius 1 is 1.12 bits per heavy atom. The fourth-order valence-electron chi connectivity index (χ4n) is 3.12. The zero-order valence-corrected chi connectivity index (χ0v) is 15.0. The molecule has 3 rings (SSSR count). The number of nitrogens with zero attached hydrogens (tertiary/aromatic N) is 2. The third kappa shape index (κ3) is 3.73. The molecule has 1 atom stereocenters. The molecule has 0 aliphatic carbocycles. The average molecular weight is 336 g/mol. The van der Waals surface area contributed by atoms with E-state index in [2.05, 4.69) is 36.3 Å². The Hall–Kier alpha value is -2.62. The lowest BCUT2D eigenvalue weighted by Gasteiger charge is -2.20. The summed E-state index contributed by atoms with van der Waals surface area (Å²) in [6.07, 6.45) is 1.74. The first kappa shape index (κ1) is 17.2. The van der Waals surface area contributed by atoms with Gasteiger partial charge >= 0.3 is 0 Å². The number of hydrogen-bond donors (Lipinski definition) is 0. The summed E-state index contributed by atoms with van der Waals surface area (Å²) in [5, 5.41) is 6.20. The third-order valence-corrected chi connectivity index (χ3v) is 4.50. The van der Waals surface area contributed by atoms with E-state index in [-0.39, 0.29) is 11.9 Å². The first-order valence-electron chi connectivity index (χ1n) is 8.81. The van der Waals surface area contributed by atoms with Crippen LogP contribution in [0.2, 0.25) is 0 Å². The molecule has 1 amide bonds. The molecule has 2 aromatic rings.